The van der Waals surface area contributed by atoms with E-state index in [9.17, 15) is 9.59 Å². The number of hydrogen-bond acceptors (Lipinski definition) is 4. The van der Waals surface area contributed by atoms with Gasteiger partial charge in [0.15, 0.2) is 0 Å². The number of amides is 2. The number of carbonyl (C=O) groups excluding carboxylic acids is 2. The highest BCUT2D eigenvalue weighted by Crippen LogP contribution is 2.17. The fraction of sp³-hybridized carbons (Fsp3) is 0.833. The lowest BCUT2D eigenvalue weighted by molar-refractivity contribution is -0.123. The molecule has 1 aliphatic heterocycles. The van der Waals surface area contributed by atoms with E-state index in [0.29, 0.717) is 25.5 Å². The molecule has 0 radical (unpaired) electrons. The SMILES string of the molecule is CC1CCCNC1CC(=O)NCCOCC(N)=O. The third-order valence-electron chi connectivity index (χ3n) is 3.15. The second kappa shape index (κ2) is 8.05. The van der Waals surface area contributed by atoms with Crippen LogP contribution in [0.2, 0.25) is 0 Å². The molecule has 0 aromatic rings. The van der Waals surface area contributed by atoms with Crippen LogP contribution in [0.1, 0.15) is 26.2 Å². The molecule has 2 unspecified atom stereocenters. The third kappa shape index (κ3) is 5.97. The fourth-order valence-electron chi connectivity index (χ4n) is 2.09. The zero-order valence-corrected chi connectivity index (χ0v) is 10.9. The molecule has 1 saturated heterocycles. The Labute approximate surface area is 108 Å². The van der Waals surface area contributed by atoms with Gasteiger partial charge in [0.05, 0.1) is 6.61 Å². The first-order chi connectivity index (χ1) is 8.59. The molecule has 104 valence electrons. The minimum absolute atomic E-state index is 0.0175. The largest absolute Gasteiger partial charge is 0.370 e. The van der Waals surface area contributed by atoms with Crippen molar-refractivity contribution in [2.24, 2.45) is 11.7 Å². The summed E-state index contributed by atoms with van der Waals surface area (Å²) in [5, 5.41) is 6.13. The van der Waals surface area contributed by atoms with Crippen molar-refractivity contribution in [1.82, 2.24) is 10.6 Å². The van der Waals surface area contributed by atoms with Crippen molar-refractivity contribution >= 4 is 11.8 Å². The molecule has 6 heteroatoms. The van der Waals surface area contributed by atoms with Crippen LogP contribution < -0.4 is 16.4 Å². The summed E-state index contributed by atoms with van der Waals surface area (Å²) >= 11 is 0. The van der Waals surface area contributed by atoms with Gasteiger partial charge in [0, 0.05) is 19.0 Å². The van der Waals surface area contributed by atoms with Crippen molar-refractivity contribution in [3.63, 3.8) is 0 Å². The van der Waals surface area contributed by atoms with Crippen LogP contribution in [0.15, 0.2) is 0 Å². The van der Waals surface area contributed by atoms with Gasteiger partial charge in [0.1, 0.15) is 6.61 Å². The summed E-state index contributed by atoms with van der Waals surface area (Å²) in [5.74, 6) is 0.0566. The zero-order valence-electron chi connectivity index (χ0n) is 10.9. The Morgan fingerprint density at radius 3 is 2.94 bits per heavy atom. The molecule has 0 aromatic heterocycles. The lowest BCUT2D eigenvalue weighted by Crippen LogP contribution is -2.43. The van der Waals surface area contributed by atoms with Crippen LogP contribution in [0.25, 0.3) is 0 Å². The summed E-state index contributed by atoms with van der Waals surface area (Å²) in [6.07, 6.45) is 2.85. The molecule has 2 atom stereocenters. The van der Waals surface area contributed by atoms with Crippen molar-refractivity contribution in [1.29, 1.82) is 0 Å². The van der Waals surface area contributed by atoms with Crippen molar-refractivity contribution in [3.8, 4) is 0 Å². The molecular weight excluding hydrogens is 234 g/mol. The molecule has 1 aliphatic rings. The Morgan fingerprint density at radius 1 is 1.50 bits per heavy atom. The van der Waals surface area contributed by atoms with Crippen LogP contribution >= 0.6 is 0 Å². The Balaban J connectivity index is 2.07. The molecule has 4 N–H and O–H groups in total. The number of carbonyl (C=O) groups is 2. The van der Waals surface area contributed by atoms with Gasteiger partial charge in [0.2, 0.25) is 11.8 Å². The van der Waals surface area contributed by atoms with E-state index in [2.05, 4.69) is 17.6 Å². The van der Waals surface area contributed by atoms with E-state index < -0.39 is 5.91 Å². The van der Waals surface area contributed by atoms with Crippen molar-refractivity contribution < 1.29 is 14.3 Å². The maximum atomic E-state index is 11.7. The molecule has 0 aliphatic carbocycles. The molecule has 0 saturated carbocycles. The number of rotatable bonds is 7. The molecular formula is C12H23N3O3. The highest BCUT2D eigenvalue weighted by molar-refractivity contribution is 5.76. The van der Waals surface area contributed by atoms with Crippen LogP contribution in [0.4, 0.5) is 0 Å². The van der Waals surface area contributed by atoms with Gasteiger partial charge in [-0.05, 0) is 25.3 Å². The summed E-state index contributed by atoms with van der Waals surface area (Å²) in [5.41, 5.74) is 4.91. The van der Waals surface area contributed by atoms with Gasteiger partial charge in [0.25, 0.3) is 0 Å². The van der Waals surface area contributed by atoms with Crippen LogP contribution in [-0.4, -0.2) is 44.2 Å². The minimum Gasteiger partial charge on any atom is -0.370 e. The fourth-order valence-corrected chi connectivity index (χ4v) is 2.09. The highest BCUT2D eigenvalue weighted by atomic mass is 16.5. The van der Waals surface area contributed by atoms with Gasteiger partial charge in [-0.25, -0.2) is 0 Å². The van der Waals surface area contributed by atoms with Crippen LogP contribution in [-0.2, 0) is 14.3 Å². The number of ether oxygens (including phenoxy) is 1. The number of piperidine rings is 1. The standard InChI is InChI=1S/C12H23N3O3/c1-9-3-2-4-14-10(9)7-12(17)15-5-6-18-8-11(13)16/h9-10,14H,2-8H2,1H3,(H2,13,16)(H,15,17). The molecule has 6 nitrogen and oxygen atoms in total. The first-order valence-electron chi connectivity index (χ1n) is 6.45. The smallest absolute Gasteiger partial charge is 0.243 e. The second-order valence-electron chi connectivity index (χ2n) is 4.75. The topological polar surface area (TPSA) is 93.4 Å². The average molecular weight is 257 g/mol. The van der Waals surface area contributed by atoms with Crippen molar-refractivity contribution in [3.05, 3.63) is 0 Å². The quantitative estimate of drug-likeness (QED) is 0.530. The Hall–Kier alpha value is -1.14. The highest BCUT2D eigenvalue weighted by Gasteiger charge is 2.22. The Kier molecular flexibility index (Phi) is 6.67. The summed E-state index contributed by atoms with van der Waals surface area (Å²) < 4.78 is 4.95. The predicted octanol–water partition coefficient (Wildman–Crippen LogP) is -0.617. The number of nitrogens with one attached hydrogen (secondary N) is 2. The van der Waals surface area contributed by atoms with E-state index in [0.717, 1.165) is 6.54 Å². The van der Waals surface area contributed by atoms with E-state index in [1.807, 2.05) is 0 Å². The van der Waals surface area contributed by atoms with E-state index >= 15 is 0 Å². The molecule has 1 rings (SSSR count). The van der Waals surface area contributed by atoms with Crippen LogP contribution in [0.5, 0.6) is 0 Å². The molecule has 1 fully saturated rings. The van der Waals surface area contributed by atoms with Crippen molar-refractivity contribution in [2.75, 3.05) is 26.3 Å². The van der Waals surface area contributed by atoms with E-state index in [4.69, 9.17) is 10.5 Å². The zero-order chi connectivity index (χ0) is 13.4. The van der Waals surface area contributed by atoms with E-state index in [1.54, 1.807) is 0 Å². The monoisotopic (exact) mass is 257 g/mol. The first kappa shape index (κ1) is 14.9. The number of primary amides is 1. The molecule has 2 amide bonds. The van der Waals surface area contributed by atoms with E-state index in [1.165, 1.54) is 12.8 Å². The Bertz CT molecular complexity index is 284. The molecule has 1 heterocycles. The lowest BCUT2D eigenvalue weighted by atomic mass is 9.90. The lowest BCUT2D eigenvalue weighted by Gasteiger charge is -2.29. The van der Waals surface area contributed by atoms with Crippen molar-refractivity contribution in [2.45, 2.75) is 32.2 Å². The van der Waals surface area contributed by atoms with Gasteiger partial charge in [-0.2, -0.15) is 0 Å². The number of hydrogen-bond donors (Lipinski definition) is 3. The second-order valence-corrected chi connectivity index (χ2v) is 4.75. The minimum atomic E-state index is -0.499. The first-order valence-corrected chi connectivity index (χ1v) is 6.45. The summed E-state index contributed by atoms with van der Waals surface area (Å²) in [6, 6.07) is 0.269. The van der Waals surface area contributed by atoms with Crippen LogP contribution in [0.3, 0.4) is 0 Å². The maximum absolute atomic E-state index is 11.7. The molecule has 0 spiro atoms. The predicted molar refractivity (Wildman–Crippen MR) is 67.8 cm³/mol. The van der Waals surface area contributed by atoms with Crippen LogP contribution in [0, 0.1) is 5.92 Å². The molecule has 18 heavy (non-hydrogen) atoms. The maximum Gasteiger partial charge on any atom is 0.243 e. The molecule has 0 aromatic carbocycles. The van der Waals surface area contributed by atoms with Gasteiger partial charge < -0.3 is 21.1 Å². The summed E-state index contributed by atoms with van der Waals surface area (Å²) in [6.45, 7) is 3.77. The van der Waals surface area contributed by atoms with Gasteiger partial charge in [-0.1, -0.05) is 6.92 Å². The van der Waals surface area contributed by atoms with Gasteiger partial charge >= 0.3 is 0 Å². The van der Waals surface area contributed by atoms with Gasteiger partial charge in [-0.15, -0.1) is 0 Å². The average Bonchev–Trinajstić information content (AvgIpc) is 2.31. The van der Waals surface area contributed by atoms with E-state index in [-0.39, 0.29) is 18.6 Å². The number of nitrogens with two attached hydrogens (primary N) is 1. The third-order valence-corrected chi connectivity index (χ3v) is 3.15. The summed E-state index contributed by atoms with van der Waals surface area (Å²) in [7, 11) is 0. The molecule has 0 bridgehead atoms. The van der Waals surface area contributed by atoms with Gasteiger partial charge in [-0.3, -0.25) is 9.59 Å². The normalized spacial score (nSPS) is 23.6. The summed E-state index contributed by atoms with van der Waals surface area (Å²) in [4.78, 5) is 22.1. The Morgan fingerprint density at radius 2 is 2.28 bits per heavy atom.